The highest BCUT2D eigenvalue weighted by atomic mass is 15.2. The van der Waals surface area contributed by atoms with E-state index in [1.807, 2.05) is 36.4 Å². The van der Waals surface area contributed by atoms with Gasteiger partial charge in [0, 0.05) is 30.5 Å². The van der Waals surface area contributed by atoms with Gasteiger partial charge in [-0.1, -0.05) is 18.2 Å². The van der Waals surface area contributed by atoms with Crippen LogP contribution in [0.25, 0.3) is 16.8 Å². The number of hydrogen-bond acceptors (Lipinski definition) is 3. The molecule has 4 heteroatoms. The van der Waals surface area contributed by atoms with Gasteiger partial charge in [0.05, 0.1) is 23.9 Å². The van der Waals surface area contributed by atoms with Crippen molar-refractivity contribution in [1.82, 2.24) is 19.4 Å². The standard InChI is InChI=1S/C21H24N4/c1-16-13-25(15-23-16)21-10-20(11-22-12-21)19-7-3-6-18(9-19)14-24-8-4-5-17(24)2/h3,6-7,9-13,15,17H,4-5,8,14H2,1-2H3. The van der Waals surface area contributed by atoms with Crippen LogP contribution in [0.1, 0.15) is 31.0 Å². The Morgan fingerprint density at radius 1 is 1.16 bits per heavy atom. The summed E-state index contributed by atoms with van der Waals surface area (Å²) in [4.78, 5) is 11.3. The molecule has 1 aliphatic heterocycles. The van der Waals surface area contributed by atoms with Crippen LogP contribution in [0.5, 0.6) is 0 Å². The number of benzene rings is 1. The summed E-state index contributed by atoms with van der Waals surface area (Å²) in [7, 11) is 0. The average molecular weight is 332 g/mol. The van der Waals surface area contributed by atoms with Crippen LogP contribution < -0.4 is 0 Å². The first kappa shape index (κ1) is 16.0. The van der Waals surface area contributed by atoms with Crippen molar-refractivity contribution in [2.45, 2.75) is 39.3 Å². The van der Waals surface area contributed by atoms with Crippen molar-refractivity contribution in [3.8, 4) is 16.8 Å². The zero-order valence-corrected chi connectivity index (χ0v) is 14.9. The molecule has 0 N–H and O–H groups in total. The van der Waals surface area contributed by atoms with E-state index in [1.165, 1.54) is 30.5 Å². The molecule has 1 atom stereocenters. The summed E-state index contributed by atoms with van der Waals surface area (Å²) in [6.45, 7) is 6.57. The Kier molecular flexibility index (Phi) is 4.36. The second-order valence-electron chi connectivity index (χ2n) is 7.02. The number of aromatic nitrogens is 3. The second-order valence-corrected chi connectivity index (χ2v) is 7.02. The van der Waals surface area contributed by atoms with Crippen molar-refractivity contribution in [2.75, 3.05) is 6.54 Å². The third kappa shape index (κ3) is 3.49. The number of hydrogen-bond donors (Lipinski definition) is 0. The Bertz CT molecular complexity index is 868. The highest BCUT2D eigenvalue weighted by Gasteiger charge is 2.20. The molecule has 25 heavy (non-hydrogen) atoms. The Balaban J connectivity index is 1.60. The Labute approximate surface area is 149 Å². The van der Waals surface area contributed by atoms with Crippen LogP contribution in [0, 0.1) is 6.92 Å². The summed E-state index contributed by atoms with van der Waals surface area (Å²) >= 11 is 0. The lowest BCUT2D eigenvalue weighted by Crippen LogP contribution is -2.26. The molecule has 1 saturated heterocycles. The number of rotatable bonds is 4. The molecule has 4 rings (SSSR count). The molecule has 3 heterocycles. The predicted octanol–water partition coefficient (Wildman–Crippen LogP) is 4.23. The normalized spacial score (nSPS) is 17.9. The van der Waals surface area contributed by atoms with E-state index in [0.29, 0.717) is 6.04 Å². The molecule has 1 fully saturated rings. The summed E-state index contributed by atoms with van der Waals surface area (Å²) < 4.78 is 2.02. The van der Waals surface area contributed by atoms with Gasteiger partial charge in [-0.25, -0.2) is 4.98 Å². The molecule has 4 nitrogen and oxygen atoms in total. The summed E-state index contributed by atoms with van der Waals surface area (Å²) in [5.41, 5.74) is 5.77. The van der Waals surface area contributed by atoms with Gasteiger partial charge in [0.2, 0.25) is 0 Å². The molecule has 0 spiro atoms. The Morgan fingerprint density at radius 2 is 2.08 bits per heavy atom. The predicted molar refractivity (Wildman–Crippen MR) is 101 cm³/mol. The first-order valence-corrected chi connectivity index (χ1v) is 8.98. The van der Waals surface area contributed by atoms with E-state index in [4.69, 9.17) is 0 Å². The lowest BCUT2D eigenvalue weighted by molar-refractivity contribution is 0.260. The molecule has 3 aromatic rings. The van der Waals surface area contributed by atoms with E-state index in [0.717, 1.165) is 23.5 Å². The molecule has 0 saturated carbocycles. The lowest BCUT2D eigenvalue weighted by atomic mass is 10.0. The maximum Gasteiger partial charge on any atom is 0.0995 e. The number of nitrogens with zero attached hydrogens (tertiary/aromatic N) is 4. The van der Waals surface area contributed by atoms with Crippen LogP contribution in [0.4, 0.5) is 0 Å². The first-order chi connectivity index (χ1) is 12.2. The van der Waals surface area contributed by atoms with E-state index in [2.05, 4.69) is 52.1 Å². The van der Waals surface area contributed by atoms with Crippen molar-refractivity contribution in [3.63, 3.8) is 0 Å². The maximum atomic E-state index is 4.43. The van der Waals surface area contributed by atoms with Crippen LogP contribution in [0.3, 0.4) is 0 Å². The van der Waals surface area contributed by atoms with Gasteiger partial charge in [-0.2, -0.15) is 0 Å². The first-order valence-electron chi connectivity index (χ1n) is 8.98. The fraction of sp³-hybridized carbons (Fsp3) is 0.333. The molecular weight excluding hydrogens is 308 g/mol. The van der Waals surface area contributed by atoms with Gasteiger partial charge in [-0.15, -0.1) is 0 Å². The molecule has 1 aliphatic rings. The van der Waals surface area contributed by atoms with Gasteiger partial charge in [0.15, 0.2) is 0 Å². The molecule has 128 valence electrons. The van der Waals surface area contributed by atoms with Crippen LogP contribution in [0.15, 0.2) is 55.2 Å². The smallest absolute Gasteiger partial charge is 0.0995 e. The minimum absolute atomic E-state index is 0.693. The zero-order valence-electron chi connectivity index (χ0n) is 14.9. The highest BCUT2D eigenvalue weighted by Crippen LogP contribution is 2.25. The number of aryl methyl sites for hydroxylation is 1. The van der Waals surface area contributed by atoms with Gasteiger partial charge in [0.1, 0.15) is 0 Å². The van der Waals surface area contributed by atoms with Gasteiger partial charge in [-0.05, 0) is 56.5 Å². The summed E-state index contributed by atoms with van der Waals surface area (Å²) in [5.74, 6) is 0. The molecular formula is C21H24N4. The van der Waals surface area contributed by atoms with E-state index in [1.54, 1.807) is 0 Å². The van der Waals surface area contributed by atoms with Crippen molar-refractivity contribution >= 4 is 0 Å². The molecule has 0 bridgehead atoms. The van der Waals surface area contributed by atoms with E-state index < -0.39 is 0 Å². The summed E-state index contributed by atoms with van der Waals surface area (Å²) in [5, 5.41) is 0. The van der Waals surface area contributed by atoms with Gasteiger partial charge >= 0.3 is 0 Å². The molecule has 1 unspecified atom stereocenters. The van der Waals surface area contributed by atoms with Crippen molar-refractivity contribution in [1.29, 1.82) is 0 Å². The van der Waals surface area contributed by atoms with Crippen LogP contribution in [-0.2, 0) is 6.54 Å². The number of likely N-dealkylation sites (tertiary alicyclic amines) is 1. The Morgan fingerprint density at radius 3 is 2.84 bits per heavy atom. The molecule has 0 radical (unpaired) electrons. The fourth-order valence-electron chi connectivity index (χ4n) is 3.60. The third-order valence-electron chi connectivity index (χ3n) is 5.07. The SMILES string of the molecule is Cc1cn(-c2cncc(-c3cccc(CN4CCCC4C)c3)c2)cn1. The second kappa shape index (κ2) is 6.81. The van der Waals surface area contributed by atoms with Crippen molar-refractivity contribution in [2.24, 2.45) is 0 Å². The van der Waals surface area contributed by atoms with E-state index in [-0.39, 0.29) is 0 Å². The largest absolute Gasteiger partial charge is 0.304 e. The van der Waals surface area contributed by atoms with E-state index in [9.17, 15) is 0 Å². The lowest BCUT2D eigenvalue weighted by Gasteiger charge is -2.21. The Hall–Kier alpha value is -2.46. The minimum atomic E-state index is 0.693. The monoisotopic (exact) mass is 332 g/mol. The molecule has 0 aliphatic carbocycles. The van der Waals surface area contributed by atoms with Crippen LogP contribution in [0.2, 0.25) is 0 Å². The fourth-order valence-corrected chi connectivity index (χ4v) is 3.60. The van der Waals surface area contributed by atoms with E-state index >= 15 is 0 Å². The summed E-state index contributed by atoms with van der Waals surface area (Å²) in [6.07, 6.45) is 10.3. The number of imidazole rings is 1. The average Bonchev–Trinajstić information content (AvgIpc) is 3.24. The van der Waals surface area contributed by atoms with Gasteiger partial charge in [-0.3, -0.25) is 9.88 Å². The quantitative estimate of drug-likeness (QED) is 0.717. The minimum Gasteiger partial charge on any atom is -0.304 e. The summed E-state index contributed by atoms with van der Waals surface area (Å²) in [6, 6.07) is 11.7. The third-order valence-corrected chi connectivity index (χ3v) is 5.07. The van der Waals surface area contributed by atoms with Crippen LogP contribution >= 0.6 is 0 Å². The zero-order chi connectivity index (χ0) is 17.2. The maximum absolute atomic E-state index is 4.43. The van der Waals surface area contributed by atoms with Gasteiger partial charge < -0.3 is 4.57 Å². The topological polar surface area (TPSA) is 34.0 Å². The highest BCUT2D eigenvalue weighted by molar-refractivity contribution is 5.65. The molecule has 0 amide bonds. The molecule has 2 aromatic heterocycles. The molecule has 1 aromatic carbocycles. The van der Waals surface area contributed by atoms with Gasteiger partial charge in [0.25, 0.3) is 0 Å². The van der Waals surface area contributed by atoms with Crippen molar-refractivity contribution in [3.05, 3.63) is 66.5 Å². The van der Waals surface area contributed by atoms with Crippen LogP contribution in [-0.4, -0.2) is 32.0 Å². The van der Waals surface area contributed by atoms with Crippen molar-refractivity contribution < 1.29 is 0 Å². The number of pyridine rings is 1.